The van der Waals surface area contributed by atoms with E-state index < -0.39 is 11.7 Å². The Bertz CT molecular complexity index is 504. The minimum atomic E-state index is -0.491. The average Bonchev–Trinajstić information content (AvgIpc) is 2.82. The maximum absolute atomic E-state index is 11.7. The molecule has 0 aliphatic carbocycles. The minimum Gasteiger partial charge on any atom is -0.444 e. The molecule has 1 amide bonds. The van der Waals surface area contributed by atoms with Crippen molar-refractivity contribution in [2.24, 2.45) is 0 Å². The Balaban J connectivity index is 1.92. The second kappa shape index (κ2) is 6.47. The molecule has 1 aliphatic rings. The molecule has 6 nitrogen and oxygen atoms in total. The highest BCUT2D eigenvalue weighted by atomic mass is 35.5. The van der Waals surface area contributed by atoms with Gasteiger partial charge in [0.15, 0.2) is 0 Å². The lowest BCUT2D eigenvalue weighted by molar-refractivity contribution is 0.0525. The van der Waals surface area contributed by atoms with Crippen LogP contribution in [0.3, 0.4) is 0 Å². The van der Waals surface area contributed by atoms with Gasteiger partial charge >= 0.3 is 6.09 Å². The molecule has 7 heteroatoms. The van der Waals surface area contributed by atoms with Gasteiger partial charge in [-0.1, -0.05) is 11.6 Å². The van der Waals surface area contributed by atoms with Gasteiger partial charge in [-0.3, -0.25) is 0 Å². The predicted molar refractivity (Wildman–Crippen MR) is 81.6 cm³/mol. The molecule has 1 aromatic rings. The number of alkyl carbamates (subject to hydrolysis) is 1. The second-order valence-corrected chi connectivity index (χ2v) is 6.44. The molecule has 1 fully saturated rings. The number of aromatic nitrogens is 2. The Hall–Kier alpha value is -1.56. The first-order valence-electron chi connectivity index (χ1n) is 7.07. The highest BCUT2D eigenvalue weighted by Crippen LogP contribution is 2.22. The third-order valence-corrected chi connectivity index (χ3v) is 3.33. The summed E-state index contributed by atoms with van der Waals surface area (Å²) in [5, 5.41) is 3.23. The summed E-state index contributed by atoms with van der Waals surface area (Å²) in [6, 6.07) is 1.81. The SMILES string of the molecule is CC(C)(C)OC(=O)NC[C@@H]1CCCN1c1nccc(Cl)n1. The van der Waals surface area contributed by atoms with Gasteiger partial charge in [-0.15, -0.1) is 0 Å². The van der Waals surface area contributed by atoms with Gasteiger partial charge in [0.25, 0.3) is 0 Å². The average molecular weight is 313 g/mol. The van der Waals surface area contributed by atoms with Crippen LogP contribution in [0.15, 0.2) is 12.3 Å². The van der Waals surface area contributed by atoms with Crippen LogP contribution in [0.4, 0.5) is 10.7 Å². The molecule has 0 unspecified atom stereocenters. The molecule has 1 atom stereocenters. The largest absolute Gasteiger partial charge is 0.444 e. The van der Waals surface area contributed by atoms with Gasteiger partial charge in [-0.2, -0.15) is 0 Å². The van der Waals surface area contributed by atoms with E-state index in [1.165, 1.54) is 0 Å². The van der Waals surface area contributed by atoms with Gasteiger partial charge in [-0.05, 0) is 39.7 Å². The number of ether oxygens (including phenoxy) is 1. The predicted octanol–water partition coefficient (Wildman–Crippen LogP) is 2.62. The van der Waals surface area contributed by atoms with Crippen molar-refractivity contribution >= 4 is 23.6 Å². The standard InChI is InChI=1S/C14H21ClN4O2/c1-14(2,3)21-13(20)17-9-10-5-4-8-19(10)12-16-7-6-11(15)18-12/h6-7,10H,4-5,8-9H2,1-3H3,(H,17,20)/t10-/m0/s1. The van der Waals surface area contributed by atoms with Crippen molar-refractivity contribution in [2.45, 2.75) is 45.3 Å². The number of nitrogens with zero attached hydrogens (tertiary/aromatic N) is 3. The zero-order chi connectivity index (χ0) is 15.5. The Kier molecular flexibility index (Phi) is 4.88. The fourth-order valence-electron chi connectivity index (χ4n) is 2.29. The van der Waals surface area contributed by atoms with Crippen molar-refractivity contribution in [3.63, 3.8) is 0 Å². The van der Waals surface area contributed by atoms with E-state index in [0.717, 1.165) is 19.4 Å². The molecule has 0 aromatic carbocycles. The van der Waals surface area contributed by atoms with Crippen LogP contribution in [0.25, 0.3) is 0 Å². The second-order valence-electron chi connectivity index (χ2n) is 6.05. The lowest BCUT2D eigenvalue weighted by Crippen LogP contribution is -2.42. The summed E-state index contributed by atoms with van der Waals surface area (Å²) in [4.78, 5) is 22.3. The smallest absolute Gasteiger partial charge is 0.407 e. The van der Waals surface area contributed by atoms with E-state index in [2.05, 4.69) is 20.2 Å². The Labute approximate surface area is 129 Å². The fourth-order valence-corrected chi connectivity index (χ4v) is 2.42. The van der Waals surface area contributed by atoms with Crippen LogP contribution in [0.5, 0.6) is 0 Å². The summed E-state index contributed by atoms with van der Waals surface area (Å²) >= 11 is 5.90. The molecule has 1 aromatic heterocycles. The third kappa shape index (κ3) is 4.74. The van der Waals surface area contributed by atoms with E-state index in [-0.39, 0.29) is 6.04 Å². The number of hydrogen-bond acceptors (Lipinski definition) is 5. The summed E-state index contributed by atoms with van der Waals surface area (Å²) < 4.78 is 5.24. The van der Waals surface area contributed by atoms with Crippen LogP contribution < -0.4 is 10.2 Å². The first-order valence-corrected chi connectivity index (χ1v) is 7.45. The van der Waals surface area contributed by atoms with Crippen molar-refractivity contribution in [1.29, 1.82) is 0 Å². The number of anilines is 1. The first kappa shape index (κ1) is 15.8. The molecule has 2 rings (SSSR count). The van der Waals surface area contributed by atoms with E-state index in [9.17, 15) is 4.79 Å². The Morgan fingerprint density at radius 2 is 2.33 bits per heavy atom. The molecule has 0 bridgehead atoms. The van der Waals surface area contributed by atoms with Crippen LogP contribution in [-0.2, 0) is 4.74 Å². The van der Waals surface area contributed by atoms with Gasteiger partial charge in [0.2, 0.25) is 5.95 Å². The Morgan fingerprint density at radius 3 is 3.00 bits per heavy atom. The summed E-state index contributed by atoms with van der Waals surface area (Å²) in [7, 11) is 0. The molecule has 1 saturated heterocycles. The molecule has 0 spiro atoms. The molecule has 0 radical (unpaired) electrons. The van der Waals surface area contributed by atoms with Crippen molar-refractivity contribution in [3.8, 4) is 0 Å². The lowest BCUT2D eigenvalue weighted by atomic mass is 10.2. The van der Waals surface area contributed by atoms with E-state index in [1.807, 2.05) is 20.8 Å². The highest BCUT2D eigenvalue weighted by Gasteiger charge is 2.27. The number of hydrogen-bond donors (Lipinski definition) is 1. The maximum Gasteiger partial charge on any atom is 0.407 e. The monoisotopic (exact) mass is 312 g/mol. The van der Waals surface area contributed by atoms with Crippen molar-refractivity contribution in [2.75, 3.05) is 18.0 Å². The summed E-state index contributed by atoms with van der Waals surface area (Å²) in [6.07, 6.45) is 3.25. The molecular weight excluding hydrogens is 292 g/mol. The fraction of sp³-hybridized carbons (Fsp3) is 0.643. The Morgan fingerprint density at radius 1 is 1.57 bits per heavy atom. The normalized spacial score (nSPS) is 18.7. The van der Waals surface area contributed by atoms with Gasteiger partial charge in [0.05, 0.1) is 0 Å². The van der Waals surface area contributed by atoms with Gasteiger partial charge < -0.3 is 15.0 Å². The summed E-state index contributed by atoms with van der Waals surface area (Å²) in [5.74, 6) is 0.607. The highest BCUT2D eigenvalue weighted by molar-refractivity contribution is 6.29. The van der Waals surface area contributed by atoms with Gasteiger partial charge in [0, 0.05) is 25.3 Å². The van der Waals surface area contributed by atoms with Crippen LogP contribution >= 0.6 is 11.6 Å². The zero-order valence-corrected chi connectivity index (χ0v) is 13.4. The number of amides is 1. The third-order valence-electron chi connectivity index (χ3n) is 3.12. The summed E-state index contributed by atoms with van der Waals surface area (Å²) in [6.45, 7) is 6.89. The molecule has 0 saturated carbocycles. The zero-order valence-electron chi connectivity index (χ0n) is 12.6. The van der Waals surface area contributed by atoms with Crippen LogP contribution in [0.2, 0.25) is 5.15 Å². The number of carbonyl (C=O) groups excluding carboxylic acids is 1. The minimum absolute atomic E-state index is 0.163. The van der Waals surface area contributed by atoms with Crippen molar-refractivity contribution < 1.29 is 9.53 Å². The van der Waals surface area contributed by atoms with Crippen LogP contribution in [-0.4, -0.2) is 40.8 Å². The van der Waals surface area contributed by atoms with Crippen molar-refractivity contribution in [3.05, 3.63) is 17.4 Å². The maximum atomic E-state index is 11.7. The molecule has 21 heavy (non-hydrogen) atoms. The van der Waals surface area contributed by atoms with E-state index in [0.29, 0.717) is 17.6 Å². The molecule has 116 valence electrons. The van der Waals surface area contributed by atoms with E-state index in [4.69, 9.17) is 16.3 Å². The van der Waals surface area contributed by atoms with Gasteiger partial charge in [0.1, 0.15) is 10.8 Å². The van der Waals surface area contributed by atoms with Crippen LogP contribution in [0, 0.1) is 0 Å². The number of halogens is 1. The van der Waals surface area contributed by atoms with Crippen LogP contribution in [0.1, 0.15) is 33.6 Å². The number of carbonyl (C=O) groups is 1. The molecular formula is C14H21ClN4O2. The van der Waals surface area contributed by atoms with Crippen molar-refractivity contribution in [1.82, 2.24) is 15.3 Å². The van der Waals surface area contributed by atoms with E-state index in [1.54, 1.807) is 12.3 Å². The lowest BCUT2D eigenvalue weighted by Gasteiger charge is -2.26. The molecule has 1 aliphatic heterocycles. The number of nitrogens with one attached hydrogen (secondary N) is 1. The van der Waals surface area contributed by atoms with E-state index >= 15 is 0 Å². The number of rotatable bonds is 3. The quantitative estimate of drug-likeness (QED) is 0.869. The first-order chi connectivity index (χ1) is 9.85. The molecule has 1 N–H and O–H groups in total. The topological polar surface area (TPSA) is 67.3 Å². The molecule has 2 heterocycles. The summed E-state index contributed by atoms with van der Waals surface area (Å²) in [5.41, 5.74) is -0.491. The van der Waals surface area contributed by atoms with Gasteiger partial charge in [-0.25, -0.2) is 14.8 Å².